The highest BCUT2D eigenvalue weighted by Gasteiger charge is 2.00. The van der Waals surface area contributed by atoms with Crippen molar-refractivity contribution in [3.8, 4) is 0 Å². The van der Waals surface area contributed by atoms with Crippen molar-refractivity contribution >= 4 is 0 Å². The molecule has 0 saturated heterocycles. The summed E-state index contributed by atoms with van der Waals surface area (Å²) in [6, 6.07) is 0. The lowest BCUT2D eigenvalue weighted by atomic mass is 10.1. The highest BCUT2D eigenvalue weighted by molar-refractivity contribution is 4.71. The quantitative estimate of drug-likeness (QED) is 0.414. The summed E-state index contributed by atoms with van der Waals surface area (Å²) in [5.74, 6) is 0. The molecule has 14 heavy (non-hydrogen) atoms. The molecule has 0 spiro atoms. The summed E-state index contributed by atoms with van der Waals surface area (Å²) in [5.41, 5.74) is 0. The molecule has 1 atom stereocenters. The number of unbranched alkanes of at least 4 members (excludes halogenated alkanes) is 6. The molecule has 0 aliphatic carbocycles. The predicted octanol–water partition coefficient (Wildman–Crippen LogP) is 4.06. The first kappa shape index (κ1) is 13.7. The molecule has 1 heteroatoms. The molecule has 1 nitrogen and oxygen atoms in total. The van der Waals surface area contributed by atoms with Gasteiger partial charge in [0.15, 0.2) is 0 Å². The van der Waals surface area contributed by atoms with Gasteiger partial charge in [0.1, 0.15) is 0 Å². The van der Waals surface area contributed by atoms with Crippen LogP contribution < -0.4 is 0 Å². The van der Waals surface area contributed by atoms with Gasteiger partial charge in [-0.15, -0.1) is 6.58 Å². The van der Waals surface area contributed by atoms with Crippen LogP contribution in [0.15, 0.2) is 12.7 Å². The van der Waals surface area contributed by atoms with Gasteiger partial charge in [0.25, 0.3) is 0 Å². The minimum absolute atomic E-state index is 0.150. The molecule has 0 amide bonds. The summed E-state index contributed by atoms with van der Waals surface area (Å²) in [6.45, 7) is 5.86. The Morgan fingerprint density at radius 3 is 2.21 bits per heavy atom. The van der Waals surface area contributed by atoms with Gasteiger partial charge in [-0.1, -0.05) is 57.9 Å². The first-order valence-electron chi connectivity index (χ1n) is 6.10. The van der Waals surface area contributed by atoms with E-state index in [1.54, 1.807) is 6.08 Å². The van der Waals surface area contributed by atoms with Crippen molar-refractivity contribution in [2.45, 2.75) is 70.8 Å². The van der Waals surface area contributed by atoms with Crippen molar-refractivity contribution in [2.24, 2.45) is 0 Å². The standard InChI is InChI=1S/C13H26O/c1-3-5-6-7-8-9-10-12-13(14)11-4-2/h4,13-14H,2-3,5-12H2,1H3/t13-/m1/s1. The summed E-state index contributed by atoms with van der Waals surface area (Å²) in [6.07, 6.45) is 12.6. The third kappa shape index (κ3) is 9.79. The van der Waals surface area contributed by atoms with E-state index in [0.29, 0.717) is 0 Å². The highest BCUT2D eigenvalue weighted by atomic mass is 16.3. The first-order chi connectivity index (χ1) is 6.81. The van der Waals surface area contributed by atoms with Crippen LogP contribution in [0.3, 0.4) is 0 Å². The number of aliphatic hydroxyl groups excluding tert-OH is 1. The van der Waals surface area contributed by atoms with Crippen LogP contribution in [0, 0.1) is 0 Å². The Hall–Kier alpha value is -0.300. The molecule has 0 aromatic heterocycles. The summed E-state index contributed by atoms with van der Waals surface area (Å²) in [5, 5.41) is 9.42. The maximum Gasteiger partial charge on any atom is 0.0574 e. The van der Waals surface area contributed by atoms with Gasteiger partial charge in [0, 0.05) is 0 Å². The fraction of sp³-hybridized carbons (Fsp3) is 0.846. The Morgan fingerprint density at radius 1 is 1.07 bits per heavy atom. The molecule has 0 aromatic carbocycles. The summed E-state index contributed by atoms with van der Waals surface area (Å²) < 4.78 is 0. The Labute approximate surface area is 89.2 Å². The second kappa shape index (κ2) is 10.8. The second-order valence-electron chi connectivity index (χ2n) is 4.09. The minimum Gasteiger partial charge on any atom is -0.393 e. The molecule has 0 saturated carbocycles. The number of hydrogen-bond acceptors (Lipinski definition) is 1. The summed E-state index contributed by atoms with van der Waals surface area (Å²) in [4.78, 5) is 0. The van der Waals surface area contributed by atoms with Gasteiger partial charge < -0.3 is 5.11 Å². The normalized spacial score (nSPS) is 12.7. The maximum absolute atomic E-state index is 9.42. The molecular weight excluding hydrogens is 172 g/mol. The number of rotatable bonds is 10. The van der Waals surface area contributed by atoms with Gasteiger partial charge in [-0.25, -0.2) is 0 Å². The summed E-state index contributed by atoms with van der Waals surface area (Å²) >= 11 is 0. The van der Waals surface area contributed by atoms with Gasteiger partial charge >= 0.3 is 0 Å². The molecule has 84 valence electrons. The molecule has 0 aliphatic rings. The van der Waals surface area contributed by atoms with Gasteiger partial charge in [-0.2, -0.15) is 0 Å². The van der Waals surface area contributed by atoms with Crippen LogP contribution in [0.4, 0.5) is 0 Å². The average molecular weight is 198 g/mol. The second-order valence-corrected chi connectivity index (χ2v) is 4.09. The topological polar surface area (TPSA) is 20.2 Å². The fourth-order valence-corrected chi connectivity index (χ4v) is 1.65. The molecular formula is C13H26O. The van der Waals surface area contributed by atoms with Gasteiger partial charge in [0.05, 0.1) is 6.10 Å². The Kier molecular flexibility index (Phi) is 10.5. The molecule has 0 bridgehead atoms. The zero-order valence-electron chi connectivity index (χ0n) is 9.67. The molecule has 0 aromatic rings. The van der Waals surface area contributed by atoms with Gasteiger partial charge in [-0.05, 0) is 12.8 Å². The lowest BCUT2D eigenvalue weighted by Gasteiger charge is -2.06. The zero-order chi connectivity index (χ0) is 10.6. The molecule has 0 heterocycles. The summed E-state index contributed by atoms with van der Waals surface area (Å²) in [7, 11) is 0. The van der Waals surface area contributed by atoms with Crippen molar-refractivity contribution in [2.75, 3.05) is 0 Å². The number of hydrogen-bond donors (Lipinski definition) is 1. The van der Waals surface area contributed by atoms with Crippen LogP contribution in [0.5, 0.6) is 0 Å². The lowest BCUT2D eigenvalue weighted by molar-refractivity contribution is 0.164. The van der Waals surface area contributed by atoms with E-state index in [1.807, 2.05) is 0 Å². The molecule has 0 radical (unpaired) electrons. The van der Waals surface area contributed by atoms with Crippen molar-refractivity contribution in [3.63, 3.8) is 0 Å². The van der Waals surface area contributed by atoms with E-state index in [9.17, 15) is 5.11 Å². The van der Waals surface area contributed by atoms with Crippen molar-refractivity contribution in [3.05, 3.63) is 12.7 Å². The van der Waals surface area contributed by atoms with E-state index in [2.05, 4.69) is 13.5 Å². The zero-order valence-corrected chi connectivity index (χ0v) is 9.67. The van der Waals surface area contributed by atoms with E-state index in [4.69, 9.17) is 0 Å². The minimum atomic E-state index is -0.150. The number of aliphatic hydroxyl groups is 1. The largest absolute Gasteiger partial charge is 0.393 e. The maximum atomic E-state index is 9.42. The predicted molar refractivity (Wildman–Crippen MR) is 63.4 cm³/mol. The van der Waals surface area contributed by atoms with E-state index in [1.165, 1.54) is 44.9 Å². The van der Waals surface area contributed by atoms with E-state index in [0.717, 1.165) is 12.8 Å². The van der Waals surface area contributed by atoms with E-state index in [-0.39, 0.29) is 6.10 Å². The third-order valence-electron chi connectivity index (χ3n) is 2.58. The van der Waals surface area contributed by atoms with Crippen LogP contribution in [-0.4, -0.2) is 11.2 Å². The van der Waals surface area contributed by atoms with Crippen LogP contribution in [0.2, 0.25) is 0 Å². The highest BCUT2D eigenvalue weighted by Crippen LogP contribution is 2.10. The Balaban J connectivity index is 3.01. The van der Waals surface area contributed by atoms with Crippen LogP contribution in [0.1, 0.15) is 64.7 Å². The van der Waals surface area contributed by atoms with Gasteiger partial charge in [0.2, 0.25) is 0 Å². The van der Waals surface area contributed by atoms with Crippen LogP contribution in [-0.2, 0) is 0 Å². The van der Waals surface area contributed by atoms with Crippen LogP contribution >= 0.6 is 0 Å². The van der Waals surface area contributed by atoms with Crippen LogP contribution in [0.25, 0.3) is 0 Å². The lowest BCUT2D eigenvalue weighted by Crippen LogP contribution is -2.03. The molecule has 0 rings (SSSR count). The van der Waals surface area contributed by atoms with E-state index < -0.39 is 0 Å². The Bertz CT molecular complexity index is 120. The fourth-order valence-electron chi connectivity index (χ4n) is 1.65. The van der Waals surface area contributed by atoms with Crippen molar-refractivity contribution in [1.29, 1.82) is 0 Å². The molecule has 0 aliphatic heterocycles. The SMILES string of the molecule is C=CC[C@@H](O)CCCCCCCCC. The van der Waals surface area contributed by atoms with Crippen molar-refractivity contribution < 1.29 is 5.11 Å². The van der Waals surface area contributed by atoms with Crippen molar-refractivity contribution in [1.82, 2.24) is 0 Å². The smallest absolute Gasteiger partial charge is 0.0574 e. The Morgan fingerprint density at radius 2 is 1.64 bits per heavy atom. The molecule has 0 unspecified atom stereocenters. The first-order valence-corrected chi connectivity index (χ1v) is 6.10. The molecule has 1 N–H and O–H groups in total. The third-order valence-corrected chi connectivity index (χ3v) is 2.58. The molecule has 0 fully saturated rings. The average Bonchev–Trinajstić information content (AvgIpc) is 2.17. The van der Waals surface area contributed by atoms with Gasteiger partial charge in [-0.3, -0.25) is 0 Å². The van der Waals surface area contributed by atoms with E-state index >= 15 is 0 Å². The monoisotopic (exact) mass is 198 g/mol.